The second-order valence-corrected chi connectivity index (χ2v) is 6.87. The van der Waals surface area contributed by atoms with Crippen LogP contribution in [-0.2, 0) is 11.3 Å². The summed E-state index contributed by atoms with van der Waals surface area (Å²) in [5.41, 5.74) is 2.24. The number of fused-ring (bicyclic) bond motifs is 3. The van der Waals surface area contributed by atoms with Crippen molar-refractivity contribution in [1.29, 1.82) is 0 Å². The maximum Gasteiger partial charge on any atom is 0.172 e. The third-order valence-electron chi connectivity index (χ3n) is 4.71. The Bertz CT molecular complexity index is 711. The quantitative estimate of drug-likeness (QED) is 0.937. The van der Waals surface area contributed by atoms with Crippen LogP contribution < -0.4 is 10.2 Å². The molecule has 0 amide bonds. The van der Waals surface area contributed by atoms with E-state index in [0.717, 1.165) is 31.0 Å². The van der Waals surface area contributed by atoms with Crippen molar-refractivity contribution in [3.05, 3.63) is 47.1 Å². The summed E-state index contributed by atoms with van der Waals surface area (Å²) in [5.74, 6) is 0.801. The van der Waals surface area contributed by atoms with Gasteiger partial charge < -0.3 is 15.0 Å². The van der Waals surface area contributed by atoms with Crippen LogP contribution in [0.25, 0.3) is 0 Å². The highest BCUT2D eigenvalue weighted by Gasteiger charge is 2.46. The van der Waals surface area contributed by atoms with Crippen LogP contribution in [0.4, 0.5) is 11.5 Å². The second kappa shape index (κ2) is 5.65. The first-order valence-electron chi connectivity index (χ1n) is 7.84. The molecule has 2 atom stereocenters. The topological polar surface area (TPSA) is 50.3 Å². The number of nitrogens with zero attached hydrogens (tertiary/aromatic N) is 3. The fourth-order valence-electron chi connectivity index (χ4n) is 3.51. The molecule has 1 aromatic heterocycles. The lowest BCUT2D eigenvalue weighted by Gasteiger charge is -2.41. The van der Waals surface area contributed by atoms with E-state index in [0.29, 0.717) is 11.8 Å². The number of hydrogen-bond acceptors (Lipinski definition) is 5. The van der Waals surface area contributed by atoms with E-state index in [4.69, 9.17) is 16.3 Å². The van der Waals surface area contributed by atoms with Crippen molar-refractivity contribution < 1.29 is 4.74 Å². The van der Waals surface area contributed by atoms with Gasteiger partial charge in [0.15, 0.2) is 11.0 Å². The van der Waals surface area contributed by atoms with Crippen LogP contribution >= 0.6 is 11.6 Å². The summed E-state index contributed by atoms with van der Waals surface area (Å²) in [5, 5.41) is 11.9. The zero-order chi connectivity index (χ0) is 15.9. The average molecular weight is 331 g/mol. The molecule has 0 saturated carbocycles. The van der Waals surface area contributed by atoms with Crippen molar-refractivity contribution in [3.63, 3.8) is 0 Å². The highest BCUT2D eigenvalue weighted by molar-refractivity contribution is 6.29. The number of rotatable bonds is 3. The molecule has 0 bridgehead atoms. The van der Waals surface area contributed by atoms with E-state index in [9.17, 15) is 0 Å². The normalized spacial score (nSPS) is 25.7. The number of nitrogens with one attached hydrogen (secondary N) is 1. The van der Waals surface area contributed by atoms with Crippen LogP contribution in [0.2, 0.25) is 5.15 Å². The largest absolute Gasteiger partial charge is 0.372 e. The summed E-state index contributed by atoms with van der Waals surface area (Å²) in [6.45, 7) is 4.58. The Morgan fingerprint density at radius 2 is 2.17 bits per heavy atom. The summed E-state index contributed by atoms with van der Waals surface area (Å²) in [7, 11) is 0. The lowest BCUT2D eigenvalue weighted by molar-refractivity contribution is 0.0506. The van der Waals surface area contributed by atoms with Gasteiger partial charge >= 0.3 is 0 Å². The van der Waals surface area contributed by atoms with E-state index in [2.05, 4.69) is 39.5 Å². The third kappa shape index (κ3) is 2.75. The van der Waals surface area contributed by atoms with Crippen molar-refractivity contribution in [3.8, 4) is 0 Å². The molecule has 0 radical (unpaired) electrons. The van der Waals surface area contributed by atoms with Crippen LogP contribution in [0, 0.1) is 0 Å². The molecule has 0 unspecified atom stereocenters. The van der Waals surface area contributed by atoms with Gasteiger partial charge in [0.2, 0.25) is 0 Å². The van der Waals surface area contributed by atoms with Crippen molar-refractivity contribution in [2.75, 3.05) is 23.3 Å². The number of hydrogen-bond donors (Lipinski definition) is 1. The van der Waals surface area contributed by atoms with Gasteiger partial charge in [0.05, 0.1) is 23.9 Å². The van der Waals surface area contributed by atoms with Gasteiger partial charge in [0.1, 0.15) is 0 Å². The monoisotopic (exact) mass is 330 g/mol. The van der Waals surface area contributed by atoms with Gasteiger partial charge in [0, 0.05) is 19.2 Å². The van der Waals surface area contributed by atoms with Crippen LogP contribution in [0.5, 0.6) is 0 Å². The smallest absolute Gasteiger partial charge is 0.172 e. The van der Waals surface area contributed by atoms with Crippen LogP contribution in [0.3, 0.4) is 0 Å². The zero-order valence-electron chi connectivity index (χ0n) is 13.0. The van der Waals surface area contributed by atoms with Gasteiger partial charge in [-0.15, -0.1) is 10.2 Å². The fourth-order valence-corrected chi connectivity index (χ4v) is 3.65. The van der Waals surface area contributed by atoms with Gasteiger partial charge in [-0.2, -0.15) is 0 Å². The van der Waals surface area contributed by atoms with Crippen molar-refractivity contribution in [2.24, 2.45) is 0 Å². The molecule has 120 valence electrons. The van der Waals surface area contributed by atoms with E-state index < -0.39 is 0 Å². The molecule has 3 heterocycles. The standard InChI is InChI=1S/C17H19ClN4O/c1-17-8-13(23-10-12-5-3-2-4-6-12)9-22(17)14-7-15(18)20-21-16(14)19-11-17/h2-7,13H,8-11H2,1H3,(H,19,21)/t13-,17+/m1/s1. The summed E-state index contributed by atoms with van der Waals surface area (Å²) in [6.07, 6.45) is 1.17. The Kier molecular flexibility index (Phi) is 3.62. The second-order valence-electron chi connectivity index (χ2n) is 6.48. The van der Waals surface area contributed by atoms with Crippen molar-refractivity contribution in [1.82, 2.24) is 10.2 Å². The number of halogens is 1. The van der Waals surface area contributed by atoms with Crippen LogP contribution in [0.15, 0.2) is 36.4 Å². The summed E-state index contributed by atoms with van der Waals surface area (Å²) in [6, 6.07) is 12.2. The first kappa shape index (κ1) is 14.7. The minimum absolute atomic E-state index is 0.0146. The minimum atomic E-state index is 0.0146. The Hall–Kier alpha value is -1.85. The molecule has 1 saturated heterocycles. The van der Waals surface area contributed by atoms with E-state index in [1.54, 1.807) is 0 Å². The van der Waals surface area contributed by atoms with E-state index in [-0.39, 0.29) is 11.6 Å². The van der Waals surface area contributed by atoms with Gasteiger partial charge in [-0.3, -0.25) is 0 Å². The highest BCUT2D eigenvalue weighted by atomic mass is 35.5. The van der Waals surface area contributed by atoms with Gasteiger partial charge in [-0.25, -0.2) is 0 Å². The lowest BCUT2D eigenvalue weighted by atomic mass is 9.96. The first-order valence-corrected chi connectivity index (χ1v) is 8.22. The van der Waals surface area contributed by atoms with E-state index in [1.807, 2.05) is 24.3 Å². The molecule has 23 heavy (non-hydrogen) atoms. The molecule has 0 spiro atoms. The van der Waals surface area contributed by atoms with Crippen molar-refractivity contribution >= 4 is 23.1 Å². The number of ether oxygens (including phenoxy) is 1. The average Bonchev–Trinajstić information content (AvgIpc) is 2.91. The molecule has 6 heteroatoms. The van der Waals surface area contributed by atoms with Crippen molar-refractivity contribution in [2.45, 2.75) is 31.6 Å². The number of anilines is 2. The fraction of sp³-hybridized carbons (Fsp3) is 0.412. The summed E-state index contributed by atoms with van der Waals surface area (Å²) < 4.78 is 6.15. The van der Waals surface area contributed by atoms with Crippen LogP contribution in [0.1, 0.15) is 18.9 Å². The van der Waals surface area contributed by atoms with Gasteiger partial charge in [-0.1, -0.05) is 41.9 Å². The van der Waals surface area contributed by atoms with Gasteiger partial charge in [-0.05, 0) is 18.9 Å². The molecule has 2 aliphatic rings. The Balaban J connectivity index is 1.51. The predicted molar refractivity (Wildman–Crippen MR) is 90.9 cm³/mol. The zero-order valence-corrected chi connectivity index (χ0v) is 13.8. The van der Waals surface area contributed by atoms with Gasteiger partial charge in [0.25, 0.3) is 0 Å². The molecular formula is C17H19ClN4O. The summed E-state index contributed by atoms with van der Waals surface area (Å²) in [4.78, 5) is 2.36. The maximum atomic E-state index is 6.15. The molecule has 2 aliphatic heterocycles. The molecule has 1 fully saturated rings. The molecule has 1 N–H and O–H groups in total. The third-order valence-corrected chi connectivity index (χ3v) is 4.89. The molecule has 2 aromatic rings. The predicted octanol–water partition coefficient (Wildman–Crippen LogP) is 3.11. The first-order chi connectivity index (χ1) is 11.1. The number of aromatic nitrogens is 2. The Labute approximate surface area is 140 Å². The molecule has 4 rings (SSSR count). The lowest BCUT2D eigenvalue weighted by Crippen LogP contribution is -2.50. The SMILES string of the molecule is C[C@]12CNc3nnc(Cl)cc3N1C[C@H](OCc1ccccc1)C2. The number of benzene rings is 1. The van der Waals surface area contributed by atoms with Crippen LogP contribution in [-0.4, -0.2) is 34.9 Å². The highest BCUT2D eigenvalue weighted by Crippen LogP contribution is 2.42. The molecule has 5 nitrogen and oxygen atoms in total. The maximum absolute atomic E-state index is 6.15. The molecule has 1 aromatic carbocycles. The molecule has 0 aliphatic carbocycles. The Morgan fingerprint density at radius 1 is 1.35 bits per heavy atom. The Morgan fingerprint density at radius 3 is 3.00 bits per heavy atom. The minimum Gasteiger partial charge on any atom is -0.372 e. The molecular weight excluding hydrogens is 312 g/mol. The summed E-state index contributed by atoms with van der Waals surface area (Å²) >= 11 is 6.03. The van der Waals surface area contributed by atoms with E-state index >= 15 is 0 Å². The van der Waals surface area contributed by atoms with E-state index in [1.165, 1.54) is 5.56 Å².